The first kappa shape index (κ1) is 21.5. The third kappa shape index (κ3) is 4.31. The minimum atomic E-state index is -0.850. The Morgan fingerprint density at radius 2 is 1.91 bits per heavy atom. The van der Waals surface area contributed by atoms with Crippen molar-refractivity contribution in [2.45, 2.75) is 32.7 Å². The molecule has 0 spiro atoms. The Hall–Kier alpha value is -3.78. The normalized spacial score (nSPS) is 15.9. The van der Waals surface area contributed by atoms with E-state index in [9.17, 15) is 14.4 Å². The van der Waals surface area contributed by atoms with Crippen LogP contribution >= 0.6 is 0 Å². The van der Waals surface area contributed by atoms with E-state index in [1.165, 1.54) is 0 Å². The van der Waals surface area contributed by atoms with Gasteiger partial charge in [-0.2, -0.15) is 0 Å². The van der Waals surface area contributed by atoms with Gasteiger partial charge in [-0.15, -0.1) is 0 Å². The highest BCUT2D eigenvalue weighted by Gasteiger charge is 2.39. The molecule has 0 aliphatic carbocycles. The summed E-state index contributed by atoms with van der Waals surface area (Å²) in [5, 5.41) is 0.707. The number of benzene rings is 2. The highest BCUT2D eigenvalue weighted by Crippen LogP contribution is 2.25. The fraction of sp³-hybridized carbons (Fsp3) is 0.250. The van der Waals surface area contributed by atoms with Gasteiger partial charge in [0.25, 0.3) is 11.8 Å². The van der Waals surface area contributed by atoms with Gasteiger partial charge in [0.15, 0.2) is 0 Å². The Morgan fingerprint density at radius 1 is 1.16 bits per heavy atom. The number of anilines is 1. The van der Waals surface area contributed by atoms with Gasteiger partial charge in [-0.1, -0.05) is 25.1 Å². The summed E-state index contributed by atoms with van der Waals surface area (Å²) in [6, 6.07) is 15.0. The smallest absolute Gasteiger partial charge is 0.266 e. The Balaban J connectivity index is 1.44. The molecular weight excluding hydrogens is 408 g/mol. The van der Waals surface area contributed by atoms with E-state index in [1.54, 1.807) is 30.3 Å². The highest BCUT2D eigenvalue weighted by atomic mass is 16.5. The summed E-state index contributed by atoms with van der Waals surface area (Å²) >= 11 is 0. The number of aryl methyl sites for hydroxylation is 1. The zero-order valence-corrected chi connectivity index (χ0v) is 17.9. The molecule has 2 aromatic carbocycles. The molecule has 3 amide bonds. The van der Waals surface area contributed by atoms with E-state index < -0.39 is 17.9 Å². The first-order valence-electron chi connectivity index (χ1n) is 10.5. The SMILES string of the molecule is CCCOc1ccc(N2C(=O)C[C@@H](NNC(=O)c3cc(C)nc4ccccc34)C2=O)cc1. The minimum absolute atomic E-state index is 0.0523. The van der Waals surface area contributed by atoms with Gasteiger partial charge in [0.2, 0.25) is 5.91 Å². The molecule has 1 aromatic heterocycles. The van der Waals surface area contributed by atoms with Crippen LogP contribution in [0.25, 0.3) is 10.9 Å². The molecule has 2 N–H and O–H groups in total. The standard InChI is InChI=1S/C24H24N4O4/c1-3-12-32-17-10-8-16(9-11-17)28-22(29)14-21(24(28)31)26-27-23(30)19-13-15(2)25-20-7-5-4-6-18(19)20/h4-11,13,21,26H,3,12,14H2,1-2H3,(H,27,30)/t21-/m1/s1. The molecule has 0 saturated carbocycles. The number of ether oxygens (including phenoxy) is 1. The van der Waals surface area contributed by atoms with Gasteiger partial charge >= 0.3 is 0 Å². The molecule has 164 valence electrons. The lowest BCUT2D eigenvalue weighted by molar-refractivity contribution is -0.121. The van der Waals surface area contributed by atoms with E-state index >= 15 is 0 Å². The number of hydrazine groups is 1. The fourth-order valence-corrected chi connectivity index (χ4v) is 3.64. The first-order valence-corrected chi connectivity index (χ1v) is 10.5. The van der Waals surface area contributed by atoms with E-state index in [-0.39, 0.29) is 12.3 Å². The molecule has 0 bridgehead atoms. The van der Waals surface area contributed by atoms with Gasteiger partial charge in [-0.25, -0.2) is 10.3 Å². The quantitative estimate of drug-likeness (QED) is 0.440. The second kappa shape index (κ2) is 9.15. The van der Waals surface area contributed by atoms with Gasteiger partial charge in [0.1, 0.15) is 11.8 Å². The zero-order chi connectivity index (χ0) is 22.7. The fourth-order valence-electron chi connectivity index (χ4n) is 3.64. The van der Waals surface area contributed by atoms with Crippen LogP contribution in [0.5, 0.6) is 5.75 Å². The topological polar surface area (TPSA) is 101 Å². The molecule has 1 fully saturated rings. The van der Waals surface area contributed by atoms with Crippen molar-refractivity contribution >= 4 is 34.3 Å². The predicted octanol–water partition coefficient (Wildman–Crippen LogP) is 2.90. The van der Waals surface area contributed by atoms with E-state index in [0.29, 0.717) is 40.2 Å². The number of nitrogens with one attached hydrogen (secondary N) is 2. The molecule has 1 saturated heterocycles. The molecule has 4 rings (SSSR count). The molecule has 0 radical (unpaired) electrons. The van der Waals surface area contributed by atoms with Crippen molar-refractivity contribution < 1.29 is 19.1 Å². The maximum Gasteiger partial charge on any atom is 0.266 e. The summed E-state index contributed by atoms with van der Waals surface area (Å²) in [7, 11) is 0. The molecule has 1 atom stereocenters. The second-order valence-corrected chi connectivity index (χ2v) is 7.59. The maximum absolute atomic E-state index is 12.8. The number of amides is 3. The number of imide groups is 1. The van der Waals surface area contributed by atoms with Crippen LogP contribution in [-0.2, 0) is 9.59 Å². The summed E-state index contributed by atoms with van der Waals surface area (Å²) in [4.78, 5) is 43.7. The van der Waals surface area contributed by atoms with Gasteiger partial charge in [0.05, 0.1) is 29.8 Å². The Labute approximate surface area is 185 Å². The number of nitrogens with zero attached hydrogens (tertiary/aromatic N) is 2. The Bertz CT molecular complexity index is 1180. The minimum Gasteiger partial charge on any atom is -0.494 e. The van der Waals surface area contributed by atoms with E-state index in [0.717, 1.165) is 11.3 Å². The third-order valence-corrected chi connectivity index (χ3v) is 5.16. The molecule has 1 aliphatic heterocycles. The molecule has 32 heavy (non-hydrogen) atoms. The second-order valence-electron chi connectivity index (χ2n) is 7.59. The number of carbonyl (C=O) groups is 3. The van der Waals surface area contributed by atoms with Crippen molar-refractivity contribution in [2.75, 3.05) is 11.5 Å². The number of fused-ring (bicyclic) bond motifs is 1. The summed E-state index contributed by atoms with van der Waals surface area (Å²) in [5.41, 5.74) is 7.63. The van der Waals surface area contributed by atoms with Crippen LogP contribution in [0.2, 0.25) is 0 Å². The highest BCUT2D eigenvalue weighted by molar-refractivity contribution is 6.22. The van der Waals surface area contributed by atoms with Crippen LogP contribution < -0.4 is 20.5 Å². The number of aromatic nitrogens is 1. The number of rotatable bonds is 7. The number of hydrogen-bond acceptors (Lipinski definition) is 6. The van der Waals surface area contributed by atoms with E-state index in [4.69, 9.17) is 4.74 Å². The monoisotopic (exact) mass is 432 g/mol. The third-order valence-electron chi connectivity index (χ3n) is 5.16. The molecule has 1 aliphatic rings. The predicted molar refractivity (Wildman–Crippen MR) is 120 cm³/mol. The average molecular weight is 432 g/mol. The lowest BCUT2D eigenvalue weighted by atomic mass is 10.1. The van der Waals surface area contributed by atoms with Crippen LogP contribution in [-0.4, -0.2) is 35.4 Å². The van der Waals surface area contributed by atoms with Crippen molar-refractivity contribution in [3.8, 4) is 5.75 Å². The summed E-state index contributed by atoms with van der Waals surface area (Å²) < 4.78 is 5.54. The van der Waals surface area contributed by atoms with Gasteiger partial charge in [0, 0.05) is 11.1 Å². The molecule has 0 unspecified atom stereocenters. The summed E-state index contributed by atoms with van der Waals surface area (Å²) in [6.07, 6.45) is 0.835. The lowest BCUT2D eigenvalue weighted by Crippen LogP contribution is -2.48. The number of para-hydroxylation sites is 1. The van der Waals surface area contributed by atoms with Crippen LogP contribution in [0, 0.1) is 6.92 Å². The molecular formula is C24H24N4O4. The van der Waals surface area contributed by atoms with E-state index in [2.05, 4.69) is 15.8 Å². The van der Waals surface area contributed by atoms with Crippen molar-refractivity contribution in [1.29, 1.82) is 0 Å². The van der Waals surface area contributed by atoms with Crippen LogP contribution in [0.4, 0.5) is 5.69 Å². The van der Waals surface area contributed by atoms with Crippen molar-refractivity contribution in [3.05, 3.63) is 65.9 Å². The number of hydrogen-bond donors (Lipinski definition) is 2. The number of pyridine rings is 1. The molecule has 2 heterocycles. The van der Waals surface area contributed by atoms with Crippen molar-refractivity contribution in [1.82, 2.24) is 15.8 Å². The van der Waals surface area contributed by atoms with Crippen molar-refractivity contribution in [2.24, 2.45) is 0 Å². The Morgan fingerprint density at radius 3 is 2.66 bits per heavy atom. The van der Waals surface area contributed by atoms with Gasteiger partial charge in [-0.05, 0) is 49.7 Å². The van der Waals surface area contributed by atoms with E-state index in [1.807, 2.05) is 38.1 Å². The van der Waals surface area contributed by atoms with Crippen LogP contribution in [0.3, 0.4) is 0 Å². The van der Waals surface area contributed by atoms with Crippen molar-refractivity contribution in [3.63, 3.8) is 0 Å². The molecule has 8 heteroatoms. The molecule has 3 aromatic rings. The zero-order valence-electron chi connectivity index (χ0n) is 17.9. The Kier molecular flexibility index (Phi) is 6.13. The molecule has 8 nitrogen and oxygen atoms in total. The largest absolute Gasteiger partial charge is 0.494 e. The van der Waals surface area contributed by atoms with Crippen LogP contribution in [0.1, 0.15) is 35.8 Å². The van der Waals surface area contributed by atoms with Gasteiger partial charge in [-0.3, -0.25) is 24.8 Å². The summed E-state index contributed by atoms with van der Waals surface area (Å²) in [5.74, 6) is -0.484. The van der Waals surface area contributed by atoms with Gasteiger partial charge < -0.3 is 4.74 Å². The average Bonchev–Trinajstić information content (AvgIpc) is 3.08. The lowest BCUT2D eigenvalue weighted by Gasteiger charge is -2.17. The van der Waals surface area contributed by atoms with Crippen LogP contribution in [0.15, 0.2) is 54.6 Å². The number of carbonyl (C=O) groups excluding carboxylic acids is 3. The summed E-state index contributed by atoms with van der Waals surface area (Å²) in [6.45, 7) is 4.42. The maximum atomic E-state index is 12.8. The first-order chi connectivity index (χ1) is 15.5.